The van der Waals surface area contributed by atoms with Gasteiger partial charge >= 0.3 is 0 Å². The monoisotopic (exact) mass is 242 g/mol. The lowest BCUT2D eigenvalue weighted by atomic mass is 10.1. The molecule has 2 aromatic heterocycles. The molecule has 92 valence electrons. The molecule has 0 bridgehead atoms. The first-order valence-corrected chi connectivity index (χ1v) is 5.90. The van der Waals surface area contributed by atoms with Gasteiger partial charge in [-0.2, -0.15) is 0 Å². The number of methoxy groups -OCH3 is 1. The molecule has 0 saturated carbocycles. The fourth-order valence-electron chi connectivity index (χ4n) is 2.19. The molecule has 0 unspecified atom stereocenters. The first-order valence-electron chi connectivity index (χ1n) is 5.90. The van der Waals surface area contributed by atoms with Crippen molar-refractivity contribution in [3.8, 4) is 17.2 Å². The molecule has 3 aromatic rings. The Balaban J connectivity index is 2.28. The third-order valence-electron chi connectivity index (χ3n) is 3.09. The average molecular weight is 242 g/mol. The van der Waals surface area contributed by atoms with E-state index < -0.39 is 0 Å². The van der Waals surface area contributed by atoms with E-state index in [1.54, 1.807) is 19.6 Å². The summed E-state index contributed by atoms with van der Waals surface area (Å²) in [5, 5.41) is 1.13. The number of nitrogens with zero attached hydrogens (tertiary/aromatic N) is 2. The molecule has 0 amide bonds. The van der Waals surface area contributed by atoms with E-state index in [4.69, 9.17) is 9.15 Å². The second-order valence-corrected chi connectivity index (χ2v) is 4.05. The lowest BCUT2D eigenvalue weighted by Crippen LogP contribution is -1.91. The van der Waals surface area contributed by atoms with Crippen LogP contribution >= 0.6 is 0 Å². The number of benzene rings is 1. The van der Waals surface area contributed by atoms with Crippen LogP contribution in [0.3, 0.4) is 0 Å². The summed E-state index contributed by atoms with van der Waals surface area (Å²) in [6.45, 7) is 3.00. The van der Waals surface area contributed by atoms with Crippen LogP contribution in [0.5, 0.6) is 5.75 Å². The van der Waals surface area contributed by atoms with Gasteiger partial charge in [-0.1, -0.05) is 0 Å². The Kier molecular flexibility index (Phi) is 2.55. The summed E-state index contributed by atoms with van der Waals surface area (Å²) >= 11 is 0. The van der Waals surface area contributed by atoms with E-state index in [1.165, 1.54) is 0 Å². The zero-order valence-electron chi connectivity index (χ0n) is 10.4. The Morgan fingerprint density at radius 2 is 2.28 bits per heavy atom. The maximum absolute atomic E-state index is 5.39. The van der Waals surface area contributed by atoms with Crippen molar-refractivity contribution in [3.63, 3.8) is 0 Å². The van der Waals surface area contributed by atoms with Gasteiger partial charge in [0.15, 0.2) is 0 Å². The maximum Gasteiger partial charge on any atom is 0.228 e. The van der Waals surface area contributed by atoms with Gasteiger partial charge in [0.1, 0.15) is 12.0 Å². The highest BCUT2D eigenvalue weighted by atomic mass is 16.5. The quantitative estimate of drug-likeness (QED) is 0.707. The minimum Gasteiger partial charge on any atom is -0.497 e. The largest absolute Gasteiger partial charge is 0.497 e. The predicted octanol–water partition coefficient (Wildman–Crippen LogP) is 3.32. The number of ether oxygens (including phenoxy) is 1. The van der Waals surface area contributed by atoms with Crippen LogP contribution in [0.15, 0.2) is 41.3 Å². The van der Waals surface area contributed by atoms with Crippen molar-refractivity contribution >= 4 is 10.9 Å². The van der Waals surface area contributed by atoms with Crippen molar-refractivity contribution in [1.82, 2.24) is 9.55 Å². The third kappa shape index (κ3) is 1.57. The van der Waals surface area contributed by atoms with Gasteiger partial charge in [-0.3, -0.25) is 0 Å². The molecule has 3 rings (SSSR count). The predicted molar refractivity (Wildman–Crippen MR) is 69.7 cm³/mol. The minimum absolute atomic E-state index is 0.650. The second-order valence-electron chi connectivity index (χ2n) is 4.05. The molecule has 0 aliphatic rings. The number of aromatic nitrogens is 2. The van der Waals surface area contributed by atoms with E-state index in [0.717, 1.165) is 28.8 Å². The van der Waals surface area contributed by atoms with Gasteiger partial charge in [0.2, 0.25) is 5.89 Å². The lowest BCUT2D eigenvalue weighted by molar-refractivity contribution is 0.415. The van der Waals surface area contributed by atoms with Crippen LogP contribution in [0.4, 0.5) is 0 Å². The normalized spacial score (nSPS) is 11.0. The Hall–Kier alpha value is -2.23. The number of hydrogen-bond donors (Lipinski definition) is 0. The van der Waals surface area contributed by atoms with Crippen LogP contribution < -0.4 is 4.74 Å². The molecule has 0 fully saturated rings. The van der Waals surface area contributed by atoms with Crippen LogP contribution in [0, 0.1) is 0 Å². The van der Waals surface area contributed by atoms with Crippen molar-refractivity contribution < 1.29 is 9.15 Å². The van der Waals surface area contributed by atoms with E-state index >= 15 is 0 Å². The van der Waals surface area contributed by atoms with E-state index in [9.17, 15) is 0 Å². The number of oxazole rings is 1. The van der Waals surface area contributed by atoms with Gasteiger partial charge in [-0.05, 0) is 19.1 Å². The number of aryl methyl sites for hydroxylation is 1. The highest BCUT2D eigenvalue weighted by Crippen LogP contribution is 2.31. The van der Waals surface area contributed by atoms with Crippen LogP contribution in [0.25, 0.3) is 22.4 Å². The fraction of sp³-hybridized carbons (Fsp3) is 0.214. The van der Waals surface area contributed by atoms with Crippen LogP contribution in [-0.2, 0) is 6.54 Å². The molecule has 0 aliphatic carbocycles. The summed E-state index contributed by atoms with van der Waals surface area (Å²) in [6.07, 6.45) is 5.32. The molecule has 18 heavy (non-hydrogen) atoms. The van der Waals surface area contributed by atoms with Crippen LogP contribution in [-0.4, -0.2) is 16.7 Å². The Bertz CT molecular complexity index is 668. The number of fused-ring (bicyclic) bond motifs is 1. The third-order valence-corrected chi connectivity index (χ3v) is 3.09. The molecule has 0 radical (unpaired) electrons. The molecule has 0 saturated heterocycles. The molecule has 0 N–H and O–H groups in total. The Labute approximate surface area is 105 Å². The van der Waals surface area contributed by atoms with Crippen LogP contribution in [0.2, 0.25) is 0 Å². The molecule has 0 aliphatic heterocycles. The van der Waals surface area contributed by atoms with E-state index in [1.807, 2.05) is 18.2 Å². The smallest absolute Gasteiger partial charge is 0.228 e. The molecule has 0 atom stereocenters. The van der Waals surface area contributed by atoms with Gasteiger partial charge in [-0.25, -0.2) is 4.98 Å². The topological polar surface area (TPSA) is 40.2 Å². The van der Waals surface area contributed by atoms with Crippen molar-refractivity contribution in [2.75, 3.05) is 7.11 Å². The average Bonchev–Trinajstić information content (AvgIpc) is 3.04. The summed E-state index contributed by atoms with van der Waals surface area (Å²) in [4.78, 5) is 4.22. The maximum atomic E-state index is 5.39. The molecule has 1 aromatic carbocycles. The first-order chi connectivity index (χ1) is 8.83. The van der Waals surface area contributed by atoms with Crippen molar-refractivity contribution in [2.24, 2.45) is 0 Å². The molecule has 2 heterocycles. The van der Waals surface area contributed by atoms with Crippen molar-refractivity contribution in [2.45, 2.75) is 13.5 Å². The Morgan fingerprint density at radius 1 is 1.39 bits per heavy atom. The van der Waals surface area contributed by atoms with E-state index in [-0.39, 0.29) is 0 Å². The standard InChI is InChI=1S/C14H14N2O2/c1-3-16-9-12(14-15-6-7-18-14)11-5-4-10(17-2)8-13(11)16/h4-9H,3H2,1-2H3. The summed E-state index contributed by atoms with van der Waals surface area (Å²) in [7, 11) is 1.68. The van der Waals surface area contributed by atoms with Gasteiger partial charge in [0.05, 0.1) is 24.4 Å². The SMILES string of the molecule is CCn1cc(-c2ncco2)c2ccc(OC)cc21. The molecule has 0 spiro atoms. The van der Waals surface area contributed by atoms with E-state index in [0.29, 0.717) is 5.89 Å². The van der Waals surface area contributed by atoms with Gasteiger partial charge in [0.25, 0.3) is 0 Å². The second kappa shape index (κ2) is 4.22. The molecular weight excluding hydrogens is 228 g/mol. The highest BCUT2D eigenvalue weighted by Gasteiger charge is 2.13. The fourth-order valence-corrected chi connectivity index (χ4v) is 2.19. The van der Waals surface area contributed by atoms with Gasteiger partial charge < -0.3 is 13.7 Å². The molecule has 4 nitrogen and oxygen atoms in total. The first kappa shape index (κ1) is 10.9. The lowest BCUT2D eigenvalue weighted by Gasteiger charge is -2.03. The number of hydrogen-bond acceptors (Lipinski definition) is 3. The summed E-state index contributed by atoms with van der Waals surface area (Å²) in [5.74, 6) is 1.51. The number of rotatable bonds is 3. The zero-order valence-corrected chi connectivity index (χ0v) is 10.4. The Morgan fingerprint density at radius 3 is 2.94 bits per heavy atom. The molecular formula is C14H14N2O2. The van der Waals surface area contributed by atoms with Crippen molar-refractivity contribution in [3.05, 3.63) is 36.9 Å². The van der Waals surface area contributed by atoms with Crippen molar-refractivity contribution in [1.29, 1.82) is 0 Å². The summed E-state index contributed by atoms with van der Waals surface area (Å²) in [6, 6.07) is 6.03. The van der Waals surface area contributed by atoms with Gasteiger partial charge in [0, 0.05) is 24.2 Å². The highest BCUT2D eigenvalue weighted by molar-refractivity contribution is 5.94. The summed E-state index contributed by atoms with van der Waals surface area (Å²) < 4.78 is 12.8. The van der Waals surface area contributed by atoms with Crippen LogP contribution in [0.1, 0.15) is 6.92 Å². The minimum atomic E-state index is 0.650. The zero-order chi connectivity index (χ0) is 12.5. The van der Waals surface area contributed by atoms with E-state index in [2.05, 4.69) is 22.7 Å². The summed E-state index contributed by atoms with van der Waals surface area (Å²) in [5.41, 5.74) is 2.14. The van der Waals surface area contributed by atoms with Gasteiger partial charge in [-0.15, -0.1) is 0 Å². The molecule has 4 heteroatoms.